The largest absolute Gasteiger partial charge is 0.376 e. The first-order valence-corrected chi connectivity index (χ1v) is 9.78. The summed E-state index contributed by atoms with van der Waals surface area (Å²) in [5, 5.41) is 6.03. The van der Waals surface area contributed by atoms with Crippen molar-refractivity contribution in [1.29, 1.82) is 0 Å². The first-order chi connectivity index (χ1) is 13.6. The van der Waals surface area contributed by atoms with Crippen LogP contribution in [0.3, 0.4) is 0 Å². The summed E-state index contributed by atoms with van der Waals surface area (Å²) >= 11 is 0. The van der Waals surface area contributed by atoms with Gasteiger partial charge in [0, 0.05) is 24.4 Å². The second-order valence-electron chi connectivity index (χ2n) is 6.92. The number of aryl methyl sites for hydroxylation is 1. The number of amides is 1. The molecule has 1 aliphatic rings. The van der Waals surface area contributed by atoms with E-state index >= 15 is 0 Å². The van der Waals surface area contributed by atoms with Gasteiger partial charge in [-0.3, -0.25) is 4.79 Å². The number of benzene rings is 2. The van der Waals surface area contributed by atoms with Gasteiger partial charge < -0.3 is 21.1 Å². The highest BCUT2D eigenvalue weighted by Gasteiger charge is 2.16. The maximum Gasteiger partial charge on any atom is 0.251 e. The molecule has 0 radical (unpaired) electrons. The number of aliphatic imine (C=N–C) groups is 1. The molecule has 0 spiro atoms. The first-order valence-electron chi connectivity index (χ1n) is 9.78. The van der Waals surface area contributed by atoms with Crippen molar-refractivity contribution in [2.24, 2.45) is 10.7 Å². The molecule has 1 amide bonds. The van der Waals surface area contributed by atoms with Crippen LogP contribution in [0.5, 0.6) is 0 Å². The van der Waals surface area contributed by atoms with Gasteiger partial charge in [0.15, 0.2) is 5.96 Å². The molecule has 0 aromatic heterocycles. The van der Waals surface area contributed by atoms with Gasteiger partial charge in [-0.15, -0.1) is 24.0 Å². The number of hydrogen-bond acceptors (Lipinski definition) is 3. The van der Waals surface area contributed by atoms with E-state index in [1.165, 1.54) is 5.56 Å². The molecule has 0 saturated carbocycles. The van der Waals surface area contributed by atoms with E-state index in [0.29, 0.717) is 24.6 Å². The highest BCUT2D eigenvalue weighted by molar-refractivity contribution is 14.0. The quantitative estimate of drug-likeness (QED) is 0.302. The predicted octanol–water partition coefficient (Wildman–Crippen LogP) is 3.70. The van der Waals surface area contributed by atoms with E-state index < -0.39 is 0 Å². The van der Waals surface area contributed by atoms with Crippen molar-refractivity contribution in [3.05, 3.63) is 65.2 Å². The Balaban J connectivity index is 0.00000300. The summed E-state index contributed by atoms with van der Waals surface area (Å²) in [5.41, 5.74) is 9.71. The van der Waals surface area contributed by atoms with Crippen molar-refractivity contribution in [3.63, 3.8) is 0 Å². The minimum atomic E-state index is -0.0940. The second-order valence-corrected chi connectivity index (χ2v) is 6.92. The molecule has 2 aromatic carbocycles. The second kappa shape index (κ2) is 11.8. The summed E-state index contributed by atoms with van der Waals surface area (Å²) in [4.78, 5) is 16.7. The lowest BCUT2D eigenvalue weighted by molar-refractivity contribution is 0.0857. The van der Waals surface area contributed by atoms with E-state index in [1.54, 1.807) is 6.07 Å². The number of anilines is 1. The molecule has 3 rings (SSSR count). The van der Waals surface area contributed by atoms with Crippen LogP contribution in [-0.4, -0.2) is 31.1 Å². The summed E-state index contributed by atoms with van der Waals surface area (Å²) in [6.07, 6.45) is 3.20. The number of ether oxygens (including phenoxy) is 1. The molecule has 1 saturated heterocycles. The molecule has 1 atom stereocenters. The minimum Gasteiger partial charge on any atom is -0.376 e. The monoisotopic (exact) mass is 508 g/mol. The smallest absolute Gasteiger partial charge is 0.251 e. The van der Waals surface area contributed by atoms with Crippen molar-refractivity contribution in [2.75, 3.05) is 18.5 Å². The fraction of sp³-hybridized carbons (Fsp3) is 0.364. The average Bonchev–Trinajstić information content (AvgIpc) is 3.25. The lowest BCUT2D eigenvalue weighted by atomic mass is 10.1. The fourth-order valence-corrected chi connectivity index (χ4v) is 3.11. The topological polar surface area (TPSA) is 88.7 Å². The number of rotatable bonds is 7. The van der Waals surface area contributed by atoms with Crippen molar-refractivity contribution in [2.45, 2.75) is 38.8 Å². The van der Waals surface area contributed by atoms with Crippen LogP contribution >= 0.6 is 24.0 Å². The molecule has 0 bridgehead atoms. The minimum absolute atomic E-state index is 0. The molecular formula is C22H29IN4O2. The number of nitrogens with two attached hydrogens (primary N) is 1. The lowest BCUT2D eigenvalue weighted by Gasteiger charge is -2.11. The van der Waals surface area contributed by atoms with Crippen LogP contribution in [-0.2, 0) is 17.7 Å². The van der Waals surface area contributed by atoms with Gasteiger partial charge in [0.1, 0.15) is 0 Å². The van der Waals surface area contributed by atoms with Crippen molar-refractivity contribution in [1.82, 2.24) is 5.32 Å². The third kappa shape index (κ3) is 7.32. The third-order valence-corrected chi connectivity index (χ3v) is 4.77. The summed E-state index contributed by atoms with van der Waals surface area (Å²) < 4.78 is 5.54. The SMILES string of the molecule is CCc1ccc(NC(N)=NCc2cccc(C(=O)NCC3CCCO3)c2)cc1.I. The average molecular weight is 508 g/mol. The lowest BCUT2D eigenvalue weighted by Crippen LogP contribution is -2.31. The third-order valence-electron chi connectivity index (χ3n) is 4.77. The van der Waals surface area contributed by atoms with Gasteiger partial charge in [-0.2, -0.15) is 0 Å². The van der Waals surface area contributed by atoms with Gasteiger partial charge in [-0.05, 0) is 54.7 Å². The fourth-order valence-electron chi connectivity index (χ4n) is 3.11. The van der Waals surface area contributed by atoms with Crippen LogP contribution in [0.25, 0.3) is 0 Å². The molecule has 1 unspecified atom stereocenters. The first kappa shape index (κ1) is 23.2. The van der Waals surface area contributed by atoms with Crippen molar-refractivity contribution >= 4 is 41.5 Å². The van der Waals surface area contributed by atoms with E-state index in [0.717, 1.165) is 37.1 Å². The normalized spacial score (nSPS) is 16.2. The van der Waals surface area contributed by atoms with Crippen LogP contribution in [0.2, 0.25) is 0 Å². The summed E-state index contributed by atoms with van der Waals surface area (Å²) in [6.45, 7) is 3.86. The maximum atomic E-state index is 12.3. The predicted molar refractivity (Wildman–Crippen MR) is 128 cm³/mol. The van der Waals surface area contributed by atoms with E-state index in [1.807, 2.05) is 30.3 Å². The van der Waals surface area contributed by atoms with Gasteiger partial charge >= 0.3 is 0 Å². The molecule has 6 nitrogen and oxygen atoms in total. The Kier molecular flexibility index (Phi) is 9.40. The molecule has 4 N–H and O–H groups in total. The zero-order chi connectivity index (χ0) is 19.8. The van der Waals surface area contributed by atoms with Crippen molar-refractivity contribution < 1.29 is 9.53 Å². The molecule has 0 aliphatic carbocycles. The number of nitrogens with one attached hydrogen (secondary N) is 2. The van der Waals surface area contributed by atoms with E-state index in [9.17, 15) is 4.79 Å². The van der Waals surface area contributed by atoms with Gasteiger partial charge in [-0.1, -0.05) is 31.2 Å². The number of carbonyl (C=O) groups excluding carboxylic acids is 1. The Morgan fingerprint density at radius 1 is 1.21 bits per heavy atom. The molecule has 1 fully saturated rings. The Morgan fingerprint density at radius 3 is 2.69 bits per heavy atom. The Labute approximate surface area is 189 Å². The number of guanidine groups is 1. The van der Waals surface area contributed by atoms with Crippen LogP contribution in [0, 0.1) is 0 Å². The summed E-state index contributed by atoms with van der Waals surface area (Å²) in [6, 6.07) is 15.5. The van der Waals surface area contributed by atoms with E-state index in [2.05, 4.69) is 34.7 Å². The van der Waals surface area contributed by atoms with Gasteiger partial charge in [0.2, 0.25) is 0 Å². The Morgan fingerprint density at radius 2 is 2.00 bits per heavy atom. The van der Waals surface area contributed by atoms with Crippen LogP contribution < -0.4 is 16.4 Å². The maximum absolute atomic E-state index is 12.3. The standard InChI is InChI=1S/C22H28N4O2.HI/c1-2-16-8-10-19(11-9-16)26-22(23)25-14-17-5-3-6-18(13-17)21(27)24-15-20-7-4-12-28-20;/h3,5-6,8-11,13,20H,2,4,7,12,14-15H2,1H3,(H,24,27)(H3,23,25,26);1H. The van der Waals surface area contributed by atoms with E-state index in [4.69, 9.17) is 10.5 Å². The molecule has 7 heteroatoms. The Hall–Kier alpha value is -2.13. The number of carbonyl (C=O) groups is 1. The van der Waals surface area contributed by atoms with Gasteiger partial charge in [-0.25, -0.2) is 4.99 Å². The molecule has 1 heterocycles. The van der Waals surface area contributed by atoms with E-state index in [-0.39, 0.29) is 36.0 Å². The molecule has 156 valence electrons. The molecular weight excluding hydrogens is 479 g/mol. The number of nitrogens with zero attached hydrogens (tertiary/aromatic N) is 1. The number of halogens is 1. The summed E-state index contributed by atoms with van der Waals surface area (Å²) in [5.74, 6) is 0.251. The van der Waals surface area contributed by atoms with Crippen LogP contribution in [0.1, 0.15) is 41.3 Å². The highest BCUT2D eigenvalue weighted by atomic mass is 127. The van der Waals surface area contributed by atoms with Crippen LogP contribution in [0.4, 0.5) is 5.69 Å². The zero-order valence-electron chi connectivity index (χ0n) is 16.7. The molecule has 1 aliphatic heterocycles. The van der Waals surface area contributed by atoms with Crippen molar-refractivity contribution in [3.8, 4) is 0 Å². The van der Waals surface area contributed by atoms with Gasteiger partial charge in [0.25, 0.3) is 5.91 Å². The highest BCUT2D eigenvalue weighted by Crippen LogP contribution is 2.12. The summed E-state index contributed by atoms with van der Waals surface area (Å²) in [7, 11) is 0. The molecule has 29 heavy (non-hydrogen) atoms. The van der Waals surface area contributed by atoms with Crippen LogP contribution in [0.15, 0.2) is 53.5 Å². The Bertz CT molecular complexity index is 818. The van der Waals surface area contributed by atoms with Gasteiger partial charge in [0.05, 0.1) is 12.6 Å². The molecule has 2 aromatic rings. The zero-order valence-corrected chi connectivity index (χ0v) is 19.0. The number of hydrogen-bond donors (Lipinski definition) is 3.